The lowest BCUT2D eigenvalue weighted by atomic mass is 9.64. The van der Waals surface area contributed by atoms with Crippen LogP contribution in [0.1, 0.15) is 75.1 Å². The number of fused-ring (bicyclic) bond motifs is 2. The SMILES string of the molecule is Cc1nnc([C@@]23C[C@H](C)C[C@@H](C2)N3C(=O)Nc2ccc(Cl)c(C3CCCC3)c2)o1. The molecule has 2 bridgehead atoms. The number of amides is 2. The van der Waals surface area contributed by atoms with Gasteiger partial charge in [-0.15, -0.1) is 10.2 Å². The van der Waals surface area contributed by atoms with Crippen LogP contribution in [-0.4, -0.2) is 27.2 Å². The van der Waals surface area contributed by atoms with E-state index in [-0.39, 0.29) is 12.1 Å². The molecule has 2 saturated carbocycles. The highest BCUT2D eigenvalue weighted by Crippen LogP contribution is 2.55. The van der Waals surface area contributed by atoms with Crippen LogP contribution in [0.4, 0.5) is 10.5 Å². The van der Waals surface area contributed by atoms with Crippen LogP contribution in [-0.2, 0) is 5.54 Å². The molecule has 3 atom stereocenters. The van der Waals surface area contributed by atoms with Crippen molar-refractivity contribution in [3.05, 3.63) is 40.6 Å². The number of carbonyl (C=O) groups is 1. The van der Waals surface area contributed by atoms with E-state index in [0.29, 0.717) is 23.6 Å². The molecule has 0 spiro atoms. The summed E-state index contributed by atoms with van der Waals surface area (Å²) in [7, 11) is 0. The molecule has 29 heavy (non-hydrogen) atoms. The molecule has 154 valence electrons. The van der Waals surface area contributed by atoms with Crippen LogP contribution in [0.25, 0.3) is 0 Å². The van der Waals surface area contributed by atoms with Gasteiger partial charge in [0.1, 0.15) is 5.54 Å². The molecule has 0 radical (unpaired) electrons. The lowest BCUT2D eigenvalue weighted by Gasteiger charge is -2.61. The number of nitrogens with one attached hydrogen (secondary N) is 1. The number of rotatable bonds is 3. The molecule has 1 aromatic heterocycles. The number of likely N-dealkylation sites (tertiary alicyclic amines) is 1. The molecule has 2 amide bonds. The maximum atomic E-state index is 13.3. The summed E-state index contributed by atoms with van der Waals surface area (Å²) in [5.41, 5.74) is 1.48. The predicted molar refractivity (Wildman–Crippen MR) is 111 cm³/mol. The highest BCUT2D eigenvalue weighted by atomic mass is 35.5. The number of aryl methyl sites for hydroxylation is 1. The number of anilines is 1. The summed E-state index contributed by atoms with van der Waals surface area (Å²) in [5, 5.41) is 12.2. The molecule has 2 aromatic rings. The predicted octanol–water partition coefficient (Wildman–Crippen LogP) is 5.62. The second-order valence-corrected chi connectivity index (χ2v) is 9.49. The highest BCUT2D eigenvalue weighted by Gasteiger charge is 2.62. The van der Waals surface area contributed by atoms with E-state index >= 15 is 0 Å². The summed E-state index contributed by atoms with van der Waals surface area (Å²) in [6, 6.07) is 5.97. The van der Waals surface area contributed by atoms with Crippen LogP contribution in [0.5, 0.6) is 0 Å². The zero-order valence-electron chi connectivity index (χ0n) is 16.9. The Balaban J connectivity index is 1.40. The van der Waals surface area contributed by atoms with E-state index in [1.54, 1.807) is 6.92 Å². The van der Waals surface area contributed by atoms with Crippen molar-refractivity contribution in [2.75, 3.05) is 5.32 Å². The van der Waals surface area contributed by atoms with Crippen molar-refractivity contribution in [2.45, 2.75) is 76.3 Å². The fourth-order valence-electron chi connectivity index (χ4n) is 5.79. The second kappa shape index (κ2) is 7.01. The molecule has 7 heteroatoms. The topological polar surface area (TPSA) is 71.3 Å². The quantitative estimate of drug-likeness (QED) is 0.707. The Bertz CT molecular complexity index is 939. The molecule has 1 saturated heterocycles. The van der Waals surface area contributed by atoms with Crippen LogP contribution in [0.3, 0.4) is 0 Å². The smallest absolute Gasteiger partial charge is 0.322 e. The first-order chi connectivity index (χ1) is 14.0. The van der Waals surface area contributed by atoms with Crippen LogP contribution in [0.15, 0.2) is 22.6 Å². The Morgan fingerprint density at radius 1 is 1.28 bits per heavy atom. The largest absolute Gasteiger partial charge is 0.423 e. The van der Waals surface area contributed by atoms with Crippen LogP contribution in [0.2, 0.25) is 5.02 Å². The number of hydrogen-bond acceptors (Lipinski definition) is 4. The van der Waals surface area contributed by atoms with Gasteiger partial charge in [0.15, 0.2) is 0 Å². The minimum Gasteiger partial charge on any atom is -0.423 e. The number of piperidine rings is 1. The average molecular weight is 415 g/mol. The van der Waals surface area contributed by atoms with Crippen molar-refractivity contribution >= 4 is 23.3 Å². The van der Waals surface area contributed by atoms with Gasteiger partial charge in [0.25, 0.3) is 0 Å². The molecular weight excluding hydrogens is 388 g/mol. The third kappa shape index (κ3) is 3.12. The highest BCUT2D eigenvalue weighted by molar-refractivity contribution is 6.31. The van der Waals surface area contributed by atoms with Gasteiger partial charge in [0, 0.05) is 30.1 Å². The van der Waals surface area contributed by atoms with Gasteiger partial charge in [-0.25, -0.2) is 4.79 Å². The summed E-state index contributed by atoms with van der Waals surface area (Å²) < 4.78 is 5.78. The van der Waals surface area contributed by atoms with Gasteiger partial charge < -0.3 is 14.6 Å². The first-order valence-corrected chi connectivity index (χ1v) is 11.0. The number of benzene rings is 1. The third-order valence-electron chi connectivity index (χ3n) is 6.95. The number of urea groups is 1. The van der Waals surface area contributed by atoms with E-state index in [1.165, 1.54) is 25.7 Å². The Morgan fingerprint density at radius 3 is 2.79 bits per heavy atom. The van der Waals surface area contributed by atoms with E-state index < -0.39 is 5.54 Å². The molecule has 2 aliphatic carbocycles. The molecule has 1 aliphatic heterocycles. The average Bonchev–Trinajstić information content (AvgIpc) is 3.34. The van der Waals surface area contributed by atoms with Gasteiger partial charge in [-0.05, 0) is 61.3 Å². The zero-order chi connectivity index (χ0) is 20.2. The Hall–Kier alpha value is -2.08. The number of hydrogen-bond donors (Lipinski definition) is 1. The Morgan fingerprint density at radius 2 is 2.07 bits per heavy atom. The van der Waals surface area contributed by atoms with E-state index in [0.717, 1.165) is 35.5 Å². The van der Waals surface area contributed by atoms with Crippen LogP contribution in [0, 0.1) is 12.8 Å². The van der Waals surface area contributed by atoms with Crippen LogP contribution >= 0.6 is 11.6 Å². The molecule has 1 N–H and O–H groups in total. The van der Waals surface area contributed by atoms with E-state index in [1.807, 2.05) is 17.0 Å². The van der Waals surface area contributed by atoms with Crippen molar-refractivity contribution in [1.82, 2.24) is 15.1 Å². The maximum Gasteiger partial charge on any atom is 0.322 e. The lowest BCUT2D eigenvalue weighted by molar-refractivity contribution is -0.110. The van der Waals surface area contributed by atoms with Gasteiger partial charge in [0.2, 0.25) is 11.8 Å². The van der Waals surface area contributed by atoms with Gasteiger partial charge in [0.05, 0.1) is 0 Å². The Kier molecular flexibility index (Phi) is 4.57. The normalized spacial score (nSPS) is 29.0. The number of nitrogens with zero attached hydrogens (tertiary/aromatic N) is 3. The van der Waals surface area contributed by atoms with Gasteiger partial charge in [-0.3, -0.25) is 0 Å². The summed E-state index contributed by atoms with van der Waals surface area (Å²) >= 11 is 6.46. The minimum absolute atomic E-state index is 0.0938. The first kappa shape index (κ1) is 18.9. The molecule has 2 heterocycles. The molecule has 3 aliphatic rings. The summed E-state index contributed by atoms with van der Waals surface area (Å²) in [6.07, 6.45) is 7.59. The van der Waals surface area contributed by atoms with Crippen molar-refractivity contribution in [3.63, 3.8) is 0 Å². The fraction of sp³-hybridized carbons (Fsp3) is 0.591. The third-order valence-corrected chi connectivity index (χ3v) is 7.29. The molecule has 3 fully saturated rings. The van der Waals surface area contributed by atoms with E-state index in [9.17, 15) is 4.79 Å². The van der Waals surface area contributed by atoms with Crippen molar-refractivity contribution in [1.29, 1.82) is 0 Å². The fourth-order valence-corrected chi connectivity index (χ4v) is 6.06. The molecular formula is C22H27ClN4O2. The second-order valence-electron chi connectivity index (χ2n) is 9.08. The first-order valence-electron chi connectivity index (χ1n) is 10.7. The number of halogens is 1. The monoisotopic (exact) mass is 414 g/mol. The number of carbonyl (C=O) groups excluding carboxylic acids is 1. The Labute approximate surface area is 176 Å². The van der Waals surface area contributed by atoms with Gasteiger partial charge >= 0.3 is 6.03 Å². The van der Waals surface area contributed by atoms with Crippen molar-refractivity contribution in [2.24, 2.45) is 5.92 Å². The summed E-state index contributed by atoms with van der Waals surface area (Å²) in [6.45, 7) is 4.02. The molecule has 5 rings (SSSR count). The lowest BCUT2D eigenvalue weighted by Crippen LogP contribution is -2.70. The van der Waals surface area contributed by atoms with Crippen molar-refractivity contribution in [3.8, 4) is 0 Å². The minimum atomic E-state index is -0.478. The number of aromatic nitrogens is 2. The zero-order valence-corrected chi connectivity index (χ0v) is 17.7. The molecule has 0 unspecified atom stereocenters. The van der Waals surface area contributed by atoms with Crippen LogP contribution < -0.4 is 5.32 Å². The standard InChI is InChI=1S/C22H27ClN4O2/c1-13-9-17-12-22(11-13,20-26-25-14(2)29-20)27(17)21(28)24-16-7-8-19(23)18(10-16)15-5-3-4-6-15/h7-8,10,13,15,17H,3-6,9,11-12H2,1-2H3,(H,24,28)/t13-,17+,22-/m1/s1. The van der Waals surface area contributed by atoms with E-state index in [4.69, 9.17) is 16.0 Å². The summed E-state index contributed by atoms with van der Waals surface area (Å²) in [4.78, 5) is 15.2. The molecule has 1 aromatic carbocycles. The van der Waals surface area contributed by atoms with Crippen molar-refractivity contribution < 1.29 is 9.21 Å². The summed E-state index contributed by atoms with van der Waals surface area (Å²) in [5.74, 6) is 2.12. The van der Waals surface area contributed by atoms with E-state index in [2.05, 4.69) is 28.5 Å². The molecule has 6 nitrogen and oxygen atoms in total. The van der Waals surface area contributed by atoms with Gasteiger partial charge in [-0.2, -0.15) is 0 Å². The van der Waals surface area contributed by atoms with Gasteiger partial charge in [-0.1, -0.05) is 31.4 Å². The maximum absolute atomic E-state index is 13.3.